The van der Waals surface area contributed by atoms with Crippen LogP contribution in [-0.2, 0) is 9.59 Å². The fourth-order valence-electron chi connectivity index (χ4n) is 4.66. The van der Waals surface area contributed by atoms with Crippen molar-refractivity contribution in [1.82, 2.24) is 14.9 Å². The molecule has 4 heterocycles. The Labute approximate surface area is 163 Å². The van der Waals surface area contributed by atoms with Gasteiger partial charge in [-0.05, 0) is 25.3 Å². The quantitative estimate of drug-likeness (QED) is 0.731. The lowest BCUT2D eigenvalue weighted by Crippen LogP contribution is -2.59. The Morgan fingerprint density at radius 1 is 1.29 bits per heavy atom. The molecular formula is C19H23N7O2. The van der Waals surface area contributed by atoms with E-state index in [4.69, 9.17) is 5.73 Å². The van der Waals surface area contributed by atoms with Crippen LogP contribution in [-0.4, -0.2) is 65.4 Å². The summed E-state index contributed by atoms with van der Waals surface area (Å²) in [6.45, 7) is 7.07. The lowest BCUT2D eigenvalue weighted by atomic mass is 9.79. The van der Waals surface area contributed by atoms with E-state index in [2.05, 4.69) is 27.5 Å². The van der Waals surface area contributed by atoms with Gasteiger partial charge in [0.25, 0.3) is 0 Å². The second kappa shape index (κ2) is 6.78. The SMILES string of the molecule is C=CC(=O)N1CC2(CCN(c3ncnc(N4CCC[C@@H]4C(N)=O)c3C#N)C2)C1. The van der Waals surface area contributed by atoms with Crippen molar-refractivity contribution in [3.05, 3.63) is 24.5 Å². The molecule has 1 spiro atoms. The highest BCUT2D eigenvalue weighted by Gasteiger charge is 2.49. The number of hydrogen-bond donors (Lipinski definition) is 1. The summed E-state index contributed by atoms with van der Waals surface area (Å²) >= 11 is 0. The maximum Gasteiger partial charge on any atom is 0.245 e. The summed E-state index contributed by atoms with van der Waals surface area (Å²) in [4.78, 5) is 37.9. The van der Waals surface area contributed by atoms with Crippen LogP contribution in [0.4, 0.5) is 11.6 Å². The molecule has 9 nitrogen and oxygen atoms in total. The molecule has 0 unspecified atom stereocenters. The van der Waals surface area contributed by atoms with Gasteiger partial charge in [0.05, 0.1) is 0 Å². The van der Waals surface area contributed by atoms with Crippen LogP contribution in [0.1, 0.15) is 24.8 Å². The molecule has 2 amide bonds. The number of amides is 2. The van der Waals surface area contributed by atoms with Gasteiger partial charge in [-0.15, -0.1) is 0 Å². The molecule has 1 aromatic rings. The molecular weight excluding hydrogens is 358 g/mol. The molecule has 0 saturated carbocycles. The van der Waals surface area contributed by atoms with Crippen molar-refractivity contribution in [3.63, 3.8) is 0 Å². The van der Waals surface area contributed by atoms with E-state index in [0.29, 0.717) is 43.3 Å². The van der Waals surface area contributed by atoms with Gasteiger partial charge in [-0.1, -0.05) is 6.58 Å². The Hall–Kier alpha value is -3.15. The van der Waals surface area contributed by atoms with Crippen molar-refractivity contribution in [2.24, 2.45) is 11.1 Å². The Bertz CT molecular complexity index is 872. The van der Waals surface area contributed by atoms with E-state index in [-0.39, 0.29) is 11.3 Å². The van der Waals surface area contributed by atoms with Crippen molar-refractivity contribution in [3.8, 4) is 6.07 Å². The molecule has 9 heteroatoms. The number of nitrogens with zero attached hydrogens (tertiary/aromatic N) is 6. The number of rotatable bonds is 4. The number of likely N-dealkylation sites (tertiary alicyclic amines) is 1. The average molecular weight is 381 g/mol. The molecule has 28 heavy (non-hydrogen) atoms. The van der Waals surface area contributed by atoms with Crippen molar-refractivity contribution in [2.75, 3.05) is 42.5 Å². The third kappa shape index (κ3) is 2.85. The number of aromatic nitrogens is 2. The van der Waals surface area contributed by atoms with Crippen LogP contribution in [0, 0.1) is 16.7 Å². The van der Waals surface area contributed by atoms with Crippen LogP contribution in [0.15, 0.2) is 19.0 Å². The number of carbonyl (C=O) groups excluding carboxylic acids is 2. The van der Waals surface area contributed by atoms with Crippen molar-refractivity contribution in [2.45, 2.75) is 25.3 Å². The topological polar surface area (TPSA) is 119 Å². The Morgan fingerprint density at radius 3 is 2.71 bits per heavy atom. The van der Waals surface area contributed by atoms with Crippen molar-refractivity contribution < 1.29 is 9.59 Å². The van der Waals surface area contributed by atoms with Gasteiger partial charge in [-0.2, -0.15) is 5.26 Å². The van der Waals surface area contributed by atoms with Crippen LogP contribution < -0.4 is 15.5 Å². The molecule has 1 aromatic heterocycles. The summed E-state index contributed by atoms with van der Waals surface area (Å²) in [5, 5.41) is 9.83. The van der Waals surface area contributed by atoms with Crippen molar-refractivity contribution >= 4 is 23.5 Å². The highest BCUT2D eigenvalue weighted by atomic mass is 16.2. The summed E-state index contributed by atoms with van der Waals surface area (Å²) < 4.78 is 0. The van der Waals surface area contributed by atoms with E-state index in [1.807, 2.05) is 4.90 Å². The first-order chi connectivity index (χ1) is 13.5. The number of hydrogen-bond acceptors (Lipinski definition) is 7. The Balaban J connectivity index is 1.57. The molecule has 3 fully saturated rings. The van der Waals surface area contributed by atoms with E-state index in [1.54, 1.807) is 4.90 Å². The van der Waals surface area contributed by atoms with Crippen LogP contribution in [0.25, 0.3) is 0 Å². The second-order valence-electron chi connectivity index (χ2n) is 7.83. The number of nitrogens with two attached hydrogens (primary N) is 1. The first-order valence-electron chi connectivity index (χ1n) is 9.45. The number of anilines is 2. The average Bonchev–Trinajstić information content (AvgIpc) is 3.33. The molecule has 2 N–H and O–H groups in total. The van der Waals surface area contributed by atoms with Crippen LogP contribution in [0.5, 0.6) is 0 Å². The van der Waals surface area contributed by atoms with Gasteiger partial charge < -0.3 is 20.4 Å². The van der Waals surface area contributed by atoms with E-state index in [9.17, 15) is 14.9 Å². The zero-order valence-electron chi connectivity index (χ0n) is 15.7. The molecule has 1 atom stereocenters. The van der Waals surface area contributed by atoms with E-state index in [1.165, 1.54) is 12.4 Å². The van der Waals surface area contributed by atoms with E-state index >= 15 is 0 Å². The van der Waals surface area contributed by atoms with Crippen LogP contribution in [0.2, 0.25) is 0 Å². The minimum Gasteiger partial charge on any atom is -0.368 e. The highest BCUT2D eigenvalue weighted by Crippen LogP contribution is 2.42. The fourth-order valence-corrected chi connectivity index (χ4v) is 4.66. The van der Waals surface area contributed by atoms with Gasteiger partial charge >= 0.3 is 0 Å². The largest absolute Gasteiger partial charge is 0.368 e. The third-order valence-corrected chi connectivity index (χ3v) is 6.05. The van der Waals surface area contributed by atoms with Crippen LogP contribution >= 0.6 is 0 Å². The maximum atomic E-state index is 11.8. The molecule has 3 saturated heterocycles. The summed E-state index contributed by atoms with van der Waals surface area (Å²) in [7, 11) is 0. The lowest BCUT2D eigenvalue weighted by molar-refractivity contribution is -0.136. The van der Waals surface area contributed by atoms with Gasteiger partial charge in [0.2, 0.25) is 11.8 Å². The molecule has 0 aliphatic carbocycles. The Morgan fingerprint density at radius 2 is 2.04 bits per heavy atom. The van der Waals surface area contributed by atoms with Crippen LogP contribution in [0.3, 0.4) is 0 Å². The standard InChI is InChI=1S/C19H23N7O2/c1-2-15(27)25-10-19(11-25)5-7-24(9-19)17-13(8-20)18(23-12-22-17)26-6-3-4-14(26)16(21)28/h2,12,14H,1,3-7,9-11H2,(H2,21,28)/t14-/m1/s1. The van der Waals surface area contributed by atoms with Gasteiger partial charge in [0.1, 0.15) is 24.0 Å². The number of nitriles is 1. The fraction of sp³-hybridized carbons (Fsp3) is 0.526. The summed E-state index contributed by atoms with van der Waals surface area (Å²) in [5.41, 5.74) is 5.95. The predicted octanol–water partition coefficient (Wildman–Crippen LogP) is 0.0271. The summed E-state index contributed by atoms with van der Waals surface area (Å²) in [6, 6.07) is 1.80. The van der Waals surface area contributed by atoms with Crippen molar-refractivity contribution in [1.29, 1.82) is 5.26 Å². The molecule has 3 aliphatic rings. The molecule has 0 radical (unpaired) electrons. The summed E-state index contributed by atoms with van der Waals surface area (Å²) in [6.07, 6.45) is 5.22. The normalized spacial score (nSPS) is 22.8. The minimum absolute atomic E-state index is 0.0416. The third-order valence-electron chi connectivity index (χ3n) is 6.05. The number of primary amides is 1. The first kappa shape index (κ1) is 18.2. The van der Waals surface area contributed by atoms with Gasteiger partial charge in [-0.3, -0.25) is 9.59 Å². The van der Waals surface area contributed by atoms with E-state index < -0.39 is 11.9 Å². The van der Waals surface area contributed by atoms with Gasteiger partial charge in [-0.25, -0.2) is 9.97 Å². The zero-order chi connectivity index (χ0) is 19.9. The van der Waals surface area contributed by atoms with E-state index in [0.717, 1.165) is 25.9 Å². The molecule has 3 aliphatic heterocycles. The zero-order valence-corrected chi connectivity index (χ0v) is 15.7. The Kier molecular flexibility index (Phi) is 4.41. The maximum absolute atomic E-state index is 11.8. The smallest absolute Gasteiger partial charge is 0.245 e. The minimum atomic E-state index is -0.440. The molecule has 0 bridgehead atoms. The summed E-state index contributed by atoms with van der Waals surface area (Å²) in [5.74, 6) is 0.626. The molecule has 146 valence electrons. The number of carbonyl (C=O) groups is 2. The van der Waals surface area contributed by atoms with Gasteiger partial charge in [0, 0.05) is 38.1 Å². The molecule has 0 aromatic carbocycles. The monoisotopic (exact) mass is 381 g/mol. The second-order valence-corrected chi connectivity index (χ2v) is 7.83. The first-order valence-corrected chi connectivity index (χ1v) is 9.45. The molecule has 4 rings (SSSR count). The highest BCUT2D eigenvalue weighted by molar-refractivity contribution is 5.88. The van der Waals surface area contributed by atoms with Gasteiger partial charge in [0.15, 0.2) is 11.6 Å². The predicted molar refractivity (Wildman–Crippen MR) is 102 cm³/mol. The lowest BCUT2D eigenvalue weighted by Gasteiger charge is -2.47.